The summed E-state index contributed by atoms with van der Waals surface area (Å²) in [5.41, 5.74) is 1.81. The molecular weight excluding hydrogens is 416 g/mol. The zero-order valence-electron chi connectivity index (χ0n) is 17.9. The molecule has 1 aromatic heterocycles. The molecule has 2 aromatic carbocycles. The van der Waals surface area contributed by atoms with E-state index in [0.29, 0.717) is 41.0 Å². The lowest BCUT2D eigenvalue weighted by atomic mass is 10.2. The van der Waals surface area contributed by atoms with Gasteiger partial charge in [-0.25, -0.2) is 4.98 Å². The highest BCUT2D eigenvalue weighted by molar-refractivity contribution is 7.22. The van der Waals surface area contributed by atoms with Gasteiger partial charge in [0.1, 0.15) is 27.5 Å². The number of carbonyl (C=O) groups excluding carboxylic acids is 1. The molecule has 4 rings (SSSR count). The first kappa shape index (κ1) is 21.4. The van der Waals surface area contributed by atoms with Crippen LogP contribution in [0.3, 0.4) is 0 Å². The number of benzene rings is 2. The van der Waals surface area contributed by atoms with E-state index in [4.69, 9.17) is 23.9 Å². The number of aryl methyl sites for hydroxylation is 1. The number of fused-ring (bicyclic) bond motifs is 1. The Morgan fingerprint density at radius 1 is 1.16 bits per heavy atom. The largest absolute Gasteiger partial charge is 0.495 e. The van der Waals surface area contributed by atoms with Gasteiger partial charge >= 0.3 is 0 Å². The van der Waals surface area contributed by atoms with Gasteiger partial charge in [-0.3, -0.25) is 9.69 Å². The molecule has 3 aromatic rings. The van der Waals surface area contributed by atoms with Crippen molar-refractivity contribution in [2.45, 2.75) is 25.9 Å². The fourth-order valence-electron chi connectivity index (χ4n) is 3.53. The van der Waals surface area contributed by atoms with E-state index < -0.39 is 0 Å². The van der Waals surface area contributed by atoms with Crippen LogP contribution in [0.25, 0.3) is 10.2 Å². The van der Waals surface area contributed by atoms with Crippen molar-refractivity contribution in [1.82, 2.24) is 4.98 Å². The number of amides is 1. The minimum atomic E-state index is -0.173. The molecule has 2 heterocycles. The number of rotatable bonds is 8. The van der Waals surface area contributed by atoms with E-state index in [1.807, 2.05) is 43.3 Å². The summed E-state index contributed by atoms with van der Waals surface area (Å²) >= 11 is 1.40. The maximum absolute atomic E-state index is 13.2. The molecule has 1 saturated heterocycles. The van der Waals surface area contributed by atoms with Gasteiger partial charge in [-0.2, -0.15) is 0 Å². The van der Waals surface area contributed by atoms with E-state index in [0.717, 1.165) is 23.1 Å². The van der Waals surface area contributed by atoms with Crippen molar-refractivity contribution in [1.29, 1.82) is 0 Å². The Morgan fingerprint density at radius 3 is 2.58 bits per heavy atom. The fourth-order valence-corrected chi connectivity index (χ4v) is 4.63. The lowest BCUT2D eigenvalue weighted by Gasteiger charge is -2.23. The molecule has 164 valence electrons. The van der Waals surface area contributed by atoms with Crippen LogP contribution in [-0.4, -0.2) is 51.0 Å². The summed E-state index contributed by atoms with van der Waals surface area (Å²) in [7, 11) is 3.22. The average molecular weight is 443 g/mol. The molecule has 1 unspecified atom stereocenters. The van der Waals surface area contributed by atoms with Crippen LogP contribution in [0.2, 0.25) is 0 Å². The number of methoxy groups -OCH3 is 2. The minimum Gasteiger partial charge on any atom is -0.495 e. The SMILES string of the molecule is COc1ccc(OC)c2sc(N(CC3CCCO3)C(=O)COc3ccc(C)cc3)nc12. The summed E-state index contributed by atoms with van der Waals surface area (Å²) in [6, 6.07) is 11.3. The number of anilines is 1. The highest BCUT2D eigenvalue weighted by Crippen LogP contribution is 2.40. The molecule has 7 nitrogen and oxygen atoms in total. The van der Waals surface area contributed by atoms with Gasteiger partial charge in [-0.15, -0.1) is 0 Å². The molecule has 8 heteroatoms. The highest BCUT2D eigenvalue weighted by Gasteiger charge is 2.27. The topological polar surface area (TPSA) is 70.1 Å². The van der Waals surface area contributed by atoms with Gasteiger partial charge in [0.25, 0.3) is 5.91 Å². The van der Waals surface area contributed by atoms with Crippen molar-refractivity contribution in [3.8, 4) is 17.2 Å². The Balaban J connectivity index is 1.62. The minimum absolute atomic E-state index is 0.0147. The summed E-state index contributed by atoms with van der Waals surface area (Å²) in [6.07, 6.45) is 1.90. The molecule has 0 aliphatic carbocycles. The van der Waals surface area contributed by atoms with Crippen molar-refractivity contribution in [3.05, 3.63) is 42.0 Å². The van der Waals surface area contributed by atoms with Crippen LogP contribution < -0.4 is 19.1 Å². The van der Waals surface area contributed by atoms with Gasteiger partial charge in [0.15, 0.2) is 11.7 Å². The smallest absolute Gasteiger partial charge is 0.266 e. The maximum atomic E-state index is 13.2. The summed E-state index contributed by atoms with van der Waals surface area (Å²) in [5.74, 6) is 1.82. The number of hydrogen-bond donors (Lipinski definition) is 0. The lowest BCUT2D eigenvalue weighted by molar-refractivity contribution is -0.120. The third-order valence-corrected chi connectivity index (χ3v) is 6.32. The van der Waals surface area contributed by atoms with E-state index in [-0.39, 0.29) is 18.6 Å². The highest BCUT2D eigenvalue weighted by atomic mass is 32.1. The molecule has 0 spiro atoms. The first-order chi connectivity index (χ1) is 15.1. The molecule has 1 fully saturated rings. The molecule has 1 atom stereocenters. The van der Waals surface area contributed by atoms with Crippen LogP contribution in [0.5, 0.6) is 17.2 Å². The first-order valence-corrected chi connectivity index (χ1v) is 11.0. The Hall–Kier alpha value is -2.84. The zero-order valence-corrected chi connectivity index (χ0v) is 18.7. The van der Waals surface area contributed by atoms with Crippen molar-refractivity contribution in [2.75, 3.05) is 38.9 Å². The van der Waals surface area contributed by atoms with Crippen molar-refractivity contribution in [2.24, 2.45) is 0 Å². The first-order valence-electron chi connectivity index (χ1n) is 10.2. The monoisotopic (exact) mass is 442 g/mol. The number of hydrogen-bond acceptors (Lipinski definition) is 7. The number of carbonyl (C=O) groups is 1. The molecule has 1 amide bonds. The second-order valence-electron chi connectivity index (χ2n) is 7.39. The summed E-state index contributed by atoms with van der Waals surface area (Å²) in [4.78, 5) is 19.6. The second-order valence-corrected chi connectivity index (χ2v) is 8.36. The van der Waals surface area contributed by atoms with Crippen LogP contribution in [0.15, 0.2) is 36.4 Å². The van der Waals surface area contributed by atoms with Crippen molar-refractivity contribution in [3.63, 3.8) is 0 Å². The third-order valence-electron chi connectivity index (χ3n) is 5.22. The Labute approximate surface area is 185 Å². The van der Waals surface area contributed by atoms with Crippen LogP contribution >= 0.6 is 11.3 Å². The van der Waals surface area contributed by atoms with Crippen molar-refractivity contribution < 1.29 is 23.7 Å². The van der Waals surface area contributed by atoms with Crippen molar-refractivity contribution >= 4 is 32.6 Å². The van der Waals surface area contributed by atoms with E-state index in [2.05, 4.69) is 0 Å². The molecule has 0 bridgehead atoms. The predicted octanol–water partition coefficient (Wildman–Crippen LogP) is 4.21. The zero-order chi connectivity index (χ0) is 21.8. The number of ether oxygens (including phenoxy) is 4. The average Bonchev–Trinajstić information content (AvgIpc) is 3.46. The van der Waals surface area contributed by atoms with Crippen LogP contribution in [0.4, 0.5) is 5.13 Å². The van der Waals surface area contributed by atoms with Crippen LogP contribution in [0, 0.1) is 6.92 Å². The molecular formula is C23H26N2O5S. The van der Waals surface area contributed by atoms with Gasteiger partial charge in [0.2, 0.25) is 0 Å². The quantitative estimate of drug-likeness (QED) is 0.520. The van der Waals surface area contributed by atoms with E-state index >= 15 is 0 Å². The summed E-state index contributed by atoms with van der Waals surface area (Å²) in [6.45, 7) is 3.07. The Bertz CT molecular complexity index is 1000. The van der Waals surface area contributed by atoms with Crippen LogP contribution in [-0.2, 0) is 9.53 Å². The van der Waals surface area contributed by atoms with E-state index in [9.17, 15) is 4.79 Å². The van der Waals surface area contributed by atoms with Crippen LogP contribution in [0.1, 0.15) is 18.4 Å². The lowest BCUT2D eigenvalue weighted by Crippen LogP contribution is -2.40. The van der Waals surface area contributed by atoms with Gasteiger partial charge in [-0.1, -0.05) is 29.0 Å². The number of aromatic nitrogens is 1. The predicted molar refractivity (Wildman–Crippen MR) is 121 cm³/mol. The fraction of sp³-hybridized carbons (Fsp3) is 0.391. The van der Waals surface area contributed by atoms with Gasteiger partial charge in [0, 0.05) is 6.61 Å². The summed E-state index contributed by atoms with van der Waals surface area (Å²) < 4.78 is 23.3. The van der Waals surface area contributed by atoms with E-state index in [1.165, 1.54) is 11.3 Å². The standard InChI is InChI=1S/C23H26N2O5S/c1-15-6-8-16(9-7-15)30-14-20(26)25(13-17-5-4-12-29-17)23-24-21-18(27-2)10-11-19(28-3)22(21)31-23/h6-11,17H,4-5,12-14H2,1-3H3. The third kappa shape index (κ3) is 4.75. The number of nitrogens with zero attached hydrogens (tertiary/aromatic N) is 2. The molecule has 1 aliphatic heterocycles. The second kappa shape index (κ2) is 9.53. The molecule has 0 radical (unpaired) electrons. The molecule has 0 saturated carbocycles. The van der Waals surface area contributed by atoms with Gasteiger partial charge in [-0.05, 0) is 44.0 Å². The molecule has 0 N–H and O–H groups in total. The number of thiazole rings is 1. The maximum Gasteiger partial charge on any atom is 0.266 e. The van der Waals surface area contributed by atoms with E-state index in [1.54, 1.807) is 19.1 Å². The Morgan fingerprint density at radius 2 is 1.90 bits per heavy atom. The Kier molecular flexibility index (Phi) is 6.58. The molecule has 1 aliphatic rings. The molecule has 31 heavy (non-hydrogen) atoms. The summed E-state index contributed by atoms with van der Waals surface area (Å²) in [5, 5.41) is 0.575. The normalized spacial score (nSPS) is 15.8. The van der Waals surface area contributed by atoms with Gasteiger partial charge < -0.3 is 18.9 Å². The van der Waals surface area contributed by atoms with Gasteiger partial charge in [0.05, 0.1) is 26.9 Å².